The van der Waals surface area contributed by atoms with Gasteiger partial charge in [-0.3, -0.25) is 4.79 Å². The second-order valence-electron chi connectivity index (χ2n) is 4.76. The first-order chi connectivity index (χ1) is 11.0. The van der Waals surface area contributed by atoms with Gasteiger partial charge in [0.1, 0.15) is 18.9 Å². The van der Waals surface area contributed by atoms with Crippen molar-refractivity contribution in [2.45, 2.75) is 19.9 Å². The maximum absolute atomic E-state index is 12.5. The topological polar surface area (TPSA) is 98.6 Å². The predicted octanol–water partition coefficient (Wildman–Crippen LogP) is 2.06. The summed E-state index contributed by atoms with van der Waals surface area (Å²) >= 11 is 6.01. The van der Waals surface area contributed by atoms with E-state index in [9.17, 15) is 4.79 Å². The highest BCUT2D eigenvalue weighted by Crippen LogP contribution is 2.23. The van der Waals surface area contributed by atoms with E-state index < -0.39 is 0 Å². The van der Waals surface area contributed by atoms with E-state index in [2.05, 4.69) is 10.1 Å². The molecule has 0 spiro atoms. The maximum atomic E-state index is 12.5. The molecule has 2 aromatic rings. The summed E-state index contributed by atoms with van der Waals surface area (Å²) in [5.41, 5.74) is 1.50. The van der Waals surface area contributed by atoms with Gasteiger partial charge >= 0.3 is 0 Å². The highest BCUT2D eigenvalue weighted by molar-refractivity contribution is 6.31. The number of aryl methyl sites for hydroxylation is 1. The number of carbonyl (C=O) groups is 1. The second kappa shape index (κ2) is 7.39. The Labute approximate surface area is 138 Å². The van der Waals surface area contributed by atoms with E-state index in [1.165, 1.54) is 15.9 Å². The summed E-state index contributed by atoms with van der Waals surface area (Å²) in [5.74, 6) is -0.250. The van der Waals surface area contributed by atoms with E-state index in [1.54, 1.807) is 24.3 Å². The van der Waals surface area contributed by atoms with Crippen molar-refractivity contribution in [3.63, 3.8) is 0 Å². The van der Waals surface area contributed by atoms with Gasteiger partial charge in [-0.05, 0) is 30.7 Å². The van der Waals surface area contributed by atoms with Crippen LogP contribution in [-0.2, 0) is 11.3 Å². The number of carbonyl (C=O) groups excluding carboxylic acids is 1. The molecule has 8 heteroatoms. The molecule has 0 aliphatic rings. The van der Waals surface area contributed by atoms with Crippen molar-refractivity contribution in [2.75, 3.05) is 11.4 Å². The van der Waals surface area contributed by atoms with E-state index in [0.717, 1.165) is 5.56 Å². The van der Waals surface area contributed by atoms with Crippen molar-refractivity contribution >= 4 is 23.2 Å². The Balaban J connectivity index is 2.23. The van der Waals surface area contributed by atoms with Gasteiger partial charge in [-0.1, -0.05) is 11.6 Å². The molecular weight excluding hydrogens is 316 g/mol. The molecule has 0 saturated heterocycles. The van der Waals surface area contributed by atoms with Crippen LogP contribution < -0.4 is 4.90 Å². The van der Waals surface area contributed by atoms with Gasteiger partial charge in [0.2, 0.25) is 5.91 Å². The van der Waals surface area contributed by atoms with Crippen LogP contribution in [0.4, 0.5) is 5.69 Å². The van der Waals surface area contributed by atoms with Gasteiger partial charge in [0, 0.05) is 17.3 Å². The summed E-state index contributed by atoms with van der Waals surface area (Å²) in [6, 6.07) is 9.06. The quantitative estimate of drug-likeness (QED) is 0.836. The van der Waals surface area contributed by atoms with Gasteiger partial charge in [0.25, 0.3) is 5.82 Å². The van der Waals surface area contributed by atoms with Crippen LogP contribution in [0.25, 0.3) is 0 Å². The fraction of sp³-hybridized carbons (Fsp3) is 0.267. The normalized spacial score (nSPS) is 9.91. The smallest absolute Gasteiger partial charge is 0.252 e. The minimum absolute atomic E-state index is 0.00344. The number of benzene rings is 1. The van der Waals surface area contributed by atoms with Gasteiger partial charge in [0.05, 0.1) is 12.5 Å². The summed E-state index contributed by atoms with van der Waals surface area (Å²) in [5, 5.41) is 22.0. The number of amides is 1. The van der Waals surface area contributed by atoms with E-state index in [1.807, 2.05) is 13.0 Å². The summed E-state index contributed by atoms with van der Waals surface area (Å²) in [6.07, 6.45) is 1.53. The first-order valence-corrected chi connectivity index (χ1v) is 7.16. The summed E-state index contributed by atoms with van der Waals surface area (Å²) < 4.78 is 1.29. The van der Waals surface area contributed by atoms with Crippen molar-refractivity contribution in [3.05, 3.63) is 40.9 Å². The van der Waals surface area contributed by atoms with Crippen LogP contribution in [0.15, 0.2) is 24.5 Å². The van der Waals surface area contributed by atoms with E-state index >= 15 is 0 Å². The summed E-state index contributed by atoms with van der Waals surface area (Å²) in [6.45, 7) is 2.04. The van der Waals surface area contributed by atoms with Gasteiger partial charge < -0.3 is 4.90 Å². The van der Waals surface area contributed by atoms with Crippen LogP contribution in [-0.4, -0.2) is 27.2 Å². The molecule has 0 radical (unpaired) electrons. The Morgan fingerprint density at radius 3 is 2.83 bits per heavy atom. The summed E-state index contributed by atoms with van der Waals surface area (Å²) in [4.78, 5) is 17.8. The third-order valence-electron chi connectivity index (χ3n) is 3.14. The monoisotopic (exact) mass is 328 g/mol. The average Bonchev–Trinajstić information content (AvgIpc) is 2.98. The first-order valence-electron chi connectivity index (χ1n) is 6.78. The van der Waals surface area contributed by atoms with Gasteiger partial charge in [-0.25, -0.2) is 9.67 Å². The van der Waals surface area contributed by atoms with Crippen LogP contribution in [0.1, 0.15) is 17.8 Å². The number of anilines is 1. The maximum Gasteiger partial charge on any atom is 0.252 e. The lowest BCUT2D eigenvalue weighted by Gasteiger charge is -2.22. The Morgan fingerprint density at radius 2 is 2.22 bits per heavy atom. The molecule has 1 heterocycles. The third-order valence-corrected chi connectivity index (χ3v) is 3.56. The number of aromatic nitrogens is 3. The van der Waals surface area contributed by atoms with Crippen molar-refractivity contribution in [2.24, 2.45) is 0 Å². The fourth-order valence-electron chi connectivity index (χ4n) is 2.00. The van der Waals surface area contributed by atoms with Gasteiger partial charge in [0.15, 0.2) is 0 Å². The molecular formula is C15H13ClN6O. The van der Waals surface area contributed by atoms with E-state index in [0.29, 0.717) is 10.7 Å². The van der Waals surface area contributed by atoms with E-state index in [-0.39, 0.29) is 31.2 Å². The van der Waals surface area contributed by atoms with E-state index in [4.69, 9.17) is 22.1 Å². The number of hydrogen-bond donors (Lipinski definition) is 0. The molecule has 0 fully saturated rings. The van der Waals surface area contributed by atoms with Gasteiger partial charge in [-0.15, -0.1) is 5.10 Å². The van der Waals surface area contributed by atoms with Crippen molar-refractivity contribution in [1.29, 1.82) is 10.5 Å². The van der Waals surface area contributed by atoms with Crippen LogP contribution >= 0.6 is 11.6 Å². The molecule has 0 aliphatic heterocycles. The Morgan fingerprint density at radius 1 is 1.43 bits per heavy atom. The zero-order valence-electron chi connectivity index (χ0n) is 12.4. The number of nitrogens with zero attached hydrogens (tertiary/aromatic N) is 6. The number of hydrogen-bond acceptors (Lipinski definition) is 5. The minimum Gasteiger partial charge on any atom is -0.310 e. The Bertz CT molecular complexity index is 801. The van der Waals surface area contributed by atoms with Crippen LogP contribution in [0, 0.1) is 29.6 Å². The summed E-state index contributed by atoms with van der Waals surface area (Å²) in [7, 11) is 0. The zero-order valence-corrected chi connectivity index (χ0v) is 13.2. The SMILES string of the molecule is Cc1cc(N(CCC#N)C(=O)Cn2cnc(C#N)n2)ccc1Cl. The largest absolute Gasteiger partial charge is 0.310 e. The van der Waals surface area contributed by atoms with Crippen LogP contribution in [0.2, 0.25) is 5.02 Å². The molecule has 7 nitrogen and oxygen atoms in total. The fourth-order valence-corrected chi connectivity index (χ4v) is 2.12. The molecule has 0 aliphatic carbocycles. The standard InChI is InChI=1S/C15H13ClN6O/c1-11-7-12(3-4-13(11)16)22(6-2-5-17)15(23)9-21-10-19-14(8-18)20-21/h3-4,7,10H,2,6,9H2,1H3. The van der Waals surface area contributed by atoms with Crippen molar-refractivity contribution < 1.29 is 4.79 Å². The molecule has 116 valence electrons. The molecule has 0 unspecified atom stereocenters. The Hall–Kier alpha value is -2.90. The number of rotatable bonds is 5. The lowest BCUT2D eigenvalue weighted by atomic mass is 10.2. The molecule has 2 rings (SSSR count). The lowest BCUT2D eigenvalue weighted by Crippen LogP contribution is -2.34. The van der Waals surface area contributed by atoms with Crippen molar-refractivity contribution in [1.82, 2.24) is 14.8 Å². The predicted molar refractivity (Wildman–Crippen MR) is 83.5 cm³/mol. The second-order valence-corrected chi connectivity index (χ2v) is 5.17. The molecule has 0 saturated carbocycles. The molecule has 23 heavy (non-hydrogen) atoms. The zero-order chi connectivity index (χ0) is 16.8. The molecule has 0 bridgehead atoms. The van der Waals surface area contributed by atoms with Gasteiger partial charge in [-0.2, -0.15) is 10.5 Å². The lowest BCUT2D eigenvalue weighted by molar-refractivity contribution is -0.119. The van der Waals surface area contributed by atoms with Crippen molar-refractivity contribution in [3.8, 4) is 12.1 Å². The Kier molecular flexibility index (Phi) is 5.29. The molecule has 0 N–H and O–H groups in total. The van der Waals surface area contributed by atoms with Crippen LogP contribution in [0.5, 0.6) is 0 Å². The highest BCUT2D eigenvalue weighted by atomic mass is 35.5. The third kappa shape index (κ3) is 4.06. The molecule has 1 aromatic heterocycles. The number of nitriles is 2. The molecule has 1 amide bonds. The average molecular weight is 329 g/mol. The number of halogens is 1. The first kappa shape index (κ1) is 16.5. The highest BCUT2D eigenvalue weighted by Gasteiger charge is 2.17. The molecule has 0 atom stereocenters. The van der Waals surface area contributed by atoms with Crippen LogP contribution in [0.3, 0.4) is 0 Å². The minimum atomic E-state index is -0.253. The molecule has 1 aromatic carbocycles.